The fourth-order valence-corrected chi connectivity index (χ4v) is 4.21. The third kappa shape index (κ3) is 6.69. The zero-order valence-corrected chi connectivity index (χ0v) is 17.5. The molecule has 3 rings (SSSR count). The standard InChI is InChI=1S/C26H33FO2/c1-2-3-4-5-6-7-20-8-10-21(11-9-20)22-14-18-25(19-15-22)29-26(28)23-12-16-24(27)17-13-23/h8-13,16-17,22,25H,2-7,14-15,18-19H2,1H3. The van der Waals surface area contributed by atoms with E-state index in [2.05, 4.69) is 31.2 Å². The van der Waals surface area contributed by atoms with Gasteiger partial charge in [-0.2, -0.15) is 0 Å². The molecule has 0 bridgehead atoms. The van der Waals surface area contributed by atoms with Gasteiger partial charge in [0.1, 0.15) is 11.9 Å². The topological polar surface area (TPSA) is 26.3 Å². The molecule has 3 heteroatoms. The molecule has 1 fully saturated rings. The molecule has 0 N–H and O–H groups in total. The van der Waals surface area contributed by atoms with Crippen molar-refractivity contribution in [2.24, 2.45) is 0 Å². The van der Waals surface area contributed by atoms with Crippen molar-refractivity contribution in [1.29, 1.82) is 0 Å². The minimum atomic E-state index is -0.350. The van der Waals surface area contributed by atoms with Crippen LogP contribution in [0, 0.1) is 5.82 Å². The number of benzene rings is 2. The van der Waals surface area contributed by atoms with Crippen molar-refractivity contribution in [3.63, 3.8) is 0 Å². The van der Waals surface area contributed by atoms with Crippen LogP contribution in [-0.2, 0) is 11.2 Å². The van der Waals surface area contributed by atoms with E-state index >= 15 is 0 Å². The number of carbonyl (C=O) groups excluding carboxylic acids is 1. The van der Waals surface area contributed by atoms with Gasteiger partial charge in [0.2, 0.25) is 0 Å². The average Bonchev–Trinajstić information content (AvgIpc) is 2.75. The van der Waals surface area contributed by atoms with E-state index in [0.29, 0.717) is 11.5 Å². The molecule has 0 spiro atoms. The van der Waals surface area contributed by atoms with E-state index in [-0.39, 0.29) is 17.9 Å². The number of hydrogen-bond donors (Lipinski definition) is 0. The van der Waals surface area contributed by atoms with Crippen LogP contribution in [0.3, 0.4) is 0 Å². The molecule has 2 aromatic carbocycles. The number of aryl methyl sites for hydroxylation is 1. The maximum absolute atomic E-state index is 13.0. The number of halogens is 1. The number of rotatable bonds is 9. The Morgan fingerprint density at radius 2 is 1.55 bits per heavy atom. The number of hydrogen-bond acceptors (Lipinski definition) is 2. The lowest BCUT2D eigenvalue weighted by atomic mass is 9.82. The van der Waals surface area contributed by atoms with Gasteiger partial charge in [-0.15, -0.1) is 0 Å². The molecule has 2 aromatic rings. The third-order valence-electron chi connectivity index (χ3n) is 6.05. The molecule has 1 aliphatic rings. The molecule has 0 radical (unpaired) electrons. The van der Waals surface area contributed by atoms with Crippen LogP contribution in [0.25, 0.3) is 0 Å². The van der Waals surface area contributed by atoms with Gasteiger partial charge in [-0.1, -0.05) is 56.9 Å². The van der Waals surface area contributed by atoms with Crippen LogP contribution in [-0.4, -0.2) is 12.1 Å². The van der Waals surface area contributed by atoms with Crippen molar-refractivity contribution in [3.8, 4) is 0 Å². The van der Waals surface area contributed by atoms with Gasteiger partial charge in [-0.3, -0.25) is 0 Å². The monoisotopic (exact) mass is 396 g/mol. The Morgan fingerprint density at radius 1 is 0.897 bits per heavy atom. The van der Waals surface area contributed by atoms with Gasteiger partial charge in [0.25, 0.3) is 0 Å². The molecule has 2 nitrogen and oxygen atoms in total. The Balaban J connectivity index is 1.42. The highest BCUT2D eigenvalue weighted by atomic mass is 19.1. The van der Waals surface area contributed by atoms with Crippen LogP contribution >= 0.6 is 0 Å². The van der Waals surface area contributed by atoms with Crippen molar-refractivity contribution in [1.82, 2.24) is 0 Å². The van der Waals surface area contributed by atoms with E-state index in [1.807, 2.05) is 0 Å². The lowest BCUT2D eigenvalue weighted by molar-refractivity contribution is 0.0195. The van der Waals surface area contributed by atoms with Crippen molar-refractivity contribution >= 4 is 5.97 Å². The Labute approximate surface area is 174 Å². The number of esters is 1. The molecule has 0 heterocycles. The largest absolute Gasteiger partial charge is 0.459 e. The number of unbranched alkanes of at least 4 members (excludes halogenated alkanes) is 4. The Hall–Kier alpha value is -2.16. The van der Waals surface area contributed by atoms with Crippen molar-refractivity contribution in [2.75, 3.05) is 0 Å². The first-order valence-electron chi connectivity index (χ1n) is 11.2. The van der Waals surface area contributed by atoms with E-state index in [0.717, 1.165) is 25.7 Å². The van der Waals surface area contributed by atoms with Gasteiger partial charge in [0, 0.05) is 0 Å². The maximum Gasteiger partial charge on any atom is 0.338 e. The first kappa shape index (κ1) is 21.5. The molecule has 0 saturated heterocycles. The van der Waals surface area contributed by atoms with Gasteiger partial charge in [0.15, 0.2) is 0 Å². The van der Waals surface area contributed by atoms with Crippen LogP contribution in [0.2, 0.25) is 0 Å². The minimum Gasteiger partial charge on any atom is -0.459 e. The van der Waals surface area contributed by atoms with Crippen LogP contribution in [0.1, 0.15) is 92.1 Å². The molecular formula is C26H33FO2. The van der Waals surface area contributed by atoms with Crippen molar-refractivity contribution in [3.05, 3.63) is 71.0 Å². The van der Waals surface area contributed by atoms with Gasteiger partial charge in [-0.05, 0) is 79.8 Å². The summed E-state index contributed by atoms with van der Waals surface area (Å²) >= 11 is 0. The van der Waals surface area contributed by atoms with E-state index < -0.39 is 0 Å². The second-order valence-corrected chi connectivity index (χ2v) is 8.29. The van der Waals surface area contributed by atoms with E-state index in [1.165, 1.54) is 73.9 Å². The molecule has 1 saturated carbocycles. The highest BCUT2D eigenvalue weighted by Gasteiger charge is 2.25. The summed E-state index contributed by atoms with van der Waals surface area (Å²) in [5.74, 6) is -0.143. The molecule has 0 amide bonds. The highest BCUT2D eigenvalue weighted by Crippen LogP contribution is 2.34. The molecule has 0 unspecified atom stereocenters. The minimum absolute atomic E-state index is 0.0359. The van der Waals surface area contributed by atoms with Gasteiger partial charge < -0.3 is 4.74 Å². The SMILES string of the molecule is CCCCCCCc1ccc(C2CCC(OC(=O)c3ccc(F)cc3)CC2)cc1. The van der Waals surface area contributed by atoms with E-state index in [4.69, 9.17) is 4.74 Å². The van der Waals surface area contributed by atoms with Crippen molar-refractivity contribution < 1.29 is 13.9 Å². The lowest BCUT2D eigenvalue weighted by Crippen LogP contribution is -2.24. The Kier molecular flexibility index (Phi) is 8.27. The normalized spacial score (nSPS) is 19.1. The van der Waals surface area contributed by atoms with E-state index in [1.54, 1.807) is 0 Å². The van der Waals surface area contributed by atoms with Crippen LogP contribution in [0.4, 0.5) is 4.39 Å². The van der Waals surface area contributed by atoms with Gasteiger partial charge >= 0.3 is 5.97 Å². The van der Waals surface area contributed by atoms with E-state index in [9.17, 15) is 9.18 Å². The predicted molar refractivity (Wildman–Crippen MR) is 116 cm³/mol. The smallest absolute Gasteiger partial charge is 0.338 e. The summed E-state index contributed by atoms with van der Waals surface area (Å²) in [6, 6.07) is 14.7. The van der Waals surface area contributed by atoms with Crippen LogP contribution < -0.4 is 0 Å². The first-order valence-corrected chi connectivity index (χ1v) is 11.2. The second-order valence-electron chi connectivity index (χ2n) is 8.29. The zero-order chi connectivity index (χ0) is 20.5. The summed E-state index contributed by atoms with van der Waals surface area (Å²) < 4.78 is 18.6. The maximum atomic E-state index is 13.0. The average molecular weight is 397 g/mol. The molecular weight excluding hydrogens is 363 g/mol. The molecule has 0 aliphatic heterocycles. The summed E-state index contributed by atoms with van der Waals surface area (Å²) in [6.45, 7) is 2.25. The molecule has 1 aliphatic carbocycles. The molecule has 0 atom stereocenters. The predicted octanol–water partition coefficient (Wildman–Crippen LogP) is 7.22. The fraction of sp³-hybridized carbons (Fsp3) is 0.500. The van der Waals surface area contributed by atoms with Gasteiger partial charge in [-0.25, -0.2) is 9.18 Å². The fourth-order valence-electron chi connectivity index (χ4n) is 4.21. The Morgan fingerprint density at radius 3 is 2.21 bits per heavy atom. The van der Waals surface area contributed by atoms with Crippen LogP contribution in [0.5, 0.6) is 0 Å². The number of ether oxygens (including phenoxy) is 1. The molecule has 156 valence electrons. The summed E-state index contributed by atoms with van der Waals surface area (Å²) in [7, 11) is 0. The van der Waals surface area contributed by atoms with Crippen LogP contribution in [0.15, 0.2) is 48.5 Å². The zero-order valence-electron chi connectivity index (χ0n) is 17.5. The Bertz CT molecular complexity index is 743. The van der Waals surface area contributed by atoms with Gasteiger partial charge in [0.05, 0.1) is 5.56 Å². The number of carbonyl (C=O) groups is 1. The second kappa shape index (κ2) is 11.1. The lowest BCUT2D eigenvalue weighted by Gasteiger charge is -2.28. The van der Waals surface area contributed by atoms with Crippen molar-refractivity contribution in [2.45, 2.75) is 83.2 Å². The third-order valence-corrected chi connectivity index (χ3v) is 6.05. The quantitative estimate of drug-likeness (QED) is 0.330. The summed E-state index contributed by atoms with van der Waals surface area (Å²) in [6.07, 6.45) is 11.6. The first-order chi connectivity index (χ1) is 14.2. The highest BCUT2D eigenvalue weighted by molar-refractivity contribution is 5.89. The summed E-state index contributed by atoms with van der Waals surface area (Å²) in [4.78, 5) is 12.2. The molecule has 29 heavy (non-hydrogen) atoms. The summed E-state index contributed by atoms with van der Waals surface area (Å²) in [5, 5.41) is 0. The summed E-state index contributed by atoms with van der Waals surface area (Å²) in [5.41, 5.74) is 3.26. The molecule has 0 aromatic heterocycles.